The number of aryl methyl sites for hydroxylation is 1. The first-order valence-corrected chi connectivity index (χ1v) is 8.78. The fourth-order valence-corrected chi connectivity index (χ4v) is 2.44. The number of rotatable bonds is 9. The number of halogens is 1. The summed E-state index contributed by atoms with van der Waals surface area (Å²) in [6, 6.07) is 6.76. The zero-order chi connectivity index (χ0) is 18.1. The van der Waals surface area contributed by atoms with Gasteiger partial charge in [0, 0.05) is 24.0 Å². The largest absolute Gasteiger partial charge is 0.356 e. The molecule has 0 saturated heterocycles. The third kappa shape index (κ3) is 7.32. The number of nitrogens with two attached hydrogens (primary N) is 1. The number of carbonyl (C=O) groups excluding carboxylic acids is 2. The van der Waals surface area contributed by atoms with Crippen molar-refractivity contribution in [2.24, 2.45) is 11.7 Å². The molecule has 0 bridgehead atoms. The van der Waals surface area contributed by atoms with E-state index in [1.807, 2.05) is 45.0 Å². The predicted octanol–water partition coefficient (Wildman–Crippen LogP) is 2.27. The Bertz CT molecular complexity index is 532. The van der Waals surface area contributed by atoms with Gasteiger partial charge in [-0.3, -0.25) is 9.59 Å². The number of amides is 2. The van der Waals surface area contributed by atoms with Gasteiger partial charge in [0.15, 0.2) is 0 Å². The second kappa shape index (κ2) is 10.3. The highest BCUT2D eigenvalue weighted by Gasteiger charge is 2.22. The highest BCUT2D eigenvalue weighted by Crippen LogP contribution is 2.13. The highest BCUT2D eigenvalue weighted by molar-refractivity contribution is 6.30. The van der Waals surface area contributed by atoms with Crippen LogP contribution in [0, 0.1) is 5.92 Å². The van der Waals surface area contributed by atoms with E-state index in [9.17, 15) is 9.59 Å². The first-order chi connectivity index (χ1) is 11.3. The summed E-state index contributed by atoms with van der Waals surface area (Å²) in [4.78, 5) is 24.1. The van der Waals surface area contributed by atoms with Crippen molar-refractivity contribution in [2.75, 3.05) is 6.54 Å². The van der Waals surface area contributed by atoms with E-state index >= 15 is 0 Å². The van der Waals surface area contributed by atoms with Gasteiger partial charge < -0.3 is 16.4 Å². The summed E-state index contributed by atoms with van der Waals surface area (Å²) in [6.07, 6.45) is 1.66. The molecule has 2 amide bonds. The van der Waals surface area contributed by atoms with Crippen molar-refractivity contribution in [3.63, 3.8) is 0 Å². The summed E-state index contributed by atoms with van der Waals surface area (Å²) in [5.41, 5.74) is 7.01. The van der Waals surface area contributed by atoms with Crippen LogP contribution in [0.5, 0.6) is 0 Å². The Morgan fingerprint density at radius 3 is 2.38 bits per heavy atom. The van der Waals surface area contributed by atoms with Gasteiger partial charge in [0.1, 0.15) is 0 Å². The molecule has 0 unspecified atom stereocenters. The minimum Gasteiger partial charge on any atom is -0.356 e. The summed E-state index contributed by atoms with van der Waals surface area (Å²) < 4.78 is 0. The third-order valence-electron chi connectivity index (χ3n) is 3.87. The molecule has 5 nitrogen and oxygen atoms in total. The van der Waals surface area contributed by atoms with Crippen LogP contribution in [0.4, 0.5) is 0 Å². The van der Waals surface area contributed by atoms with Gasteiger partial charge in [0.05, 0.1) is 6.04 Å². The molecular formula is C18H28ClN3O2. The maximum absolute atomic E-state index is 12.2. The summed E-state index contributed by atoms with van der Waals surface area (Å²) in [6.45, 7) is 6.24. The van der Waals surface area contributed by atoms with E-state index in [2.05, 4.69) is 10.6 Å². The molecule has 0 heterocycles. The standard InChI is InChI=1S/C18H28ClN3O2/c1-4-21-16(23)11-15(22-18(24)17(20)12(2)3)10-7-13-5-8-14(19)9-6-13/h5-6,8-9,12,15,17H,4,7,10-11,20H2,1-3H3,(H,21,23)(H,22,24)/t15-,17-/m0/s1. The topological polar surface area (TPSA) is 84.2 Å². The lowest BCUT2D eigenvalue weighted by atomic mass is 10.0. The van der Waals surface area contributed by atoms with Crippen LogP contribution in [0.2, 0.25) is 5.02 Å². The molecule has 0 spiro atoms. The Labute approximate surface area is 149 Å². The average Bonchev–Trinajstić information content (AvgIpc) is 2.53. The van der Waals surface area contributed by atoms with Crippen LogP contribution in [-0.2, 0) is 16.0 Å². The second-order valence-corrected chi connectivity index (χ2v) is 6.73. The lowest BCUT2D eigenvalue weighted by Gasteiger charge is -2.22. The molecule has 4 N–H and O–H groups in total. The van der Waals surface area contributed by atoms with Gasteiger partial charge >= 0.3 is 0 Å². The number of carbonyl (C=O) groups is 2. The minimum atomic E-state index is -0.572. The molecule has 2 atom stereocenters. The Hall–Kier alpha value is -1.59. The fourth-order valence-electron chi connectivity index (χ4n) is 2.31. The van der Waals surface area contributed by atoms with Crippen molar-refractivity contribution >= 4 is 23.4 Å². The molecule has 134 valence electrons. The summed E-state index contributed by atoms with van der Waals surface area (Å²) in [5.74, 6) is -0.237. The zero-order valence-corrected chi connectivity index (χ0v) is 15.4. The Morgan fingerprint density at radius 2 is 1.83 bits per heavy atom. The van der Waals surface area contributed by atoms with E-state index in [0.717, 1.165) is 12.0 Å². The Morgan fingerprint density at radius 1 is 1.21 bits per heavy atom. The van der Waals surface area contributed by atoms with Crippen LogP contribution in [0.1, 0.15) is 39.2 Å². The molecule has 0 radical (unpaired) electrons. The summed E-state index contributed by atoms with van der Waals surface area (Å²) >= 11 is 5.89. The molecule has 0 aliphatic heterocycles. The molecule has 6 heteroatoms. The van der Waals surface area contributed by atoms with Crippen LogP contribution in [0.15, 0.2) is 24.3 Å². The third-order valence-corrected chi connectivity index (χ3v) is 4.12. The maximum atomic E-state index is 12.2. The zero-order valence-electron chi connectivity index (χ0n) is 14.6. The van der Waals surface area contributed by atoms with Crippen molar-refractivity contribution in [3.8, 4) is 0 Å². The molecule has 1 rings (SSSR count). The Balaban J connectivity index is 2.67. The van der Waals surface area contributed by atoms with Crippen molar-refractivity contribution in [1.82, 2.24) is 10.6 Å². The first kappa shape index (κ1) is 20.5. The van der Waals surface area contributed by atoms with Crippen LogP contribution >= 0.6 is 11.6 Å². The van der Waals surface area contributed by atoms with Gasteiger partial charge in [-0.05, 0) is 43.4 Å². The van der Waals surface area contributed by atoms with E-state index in [1.54, 1.807) is 0 Å². The highest BCUT2D eigenvalue weighted by atomic mass is 35.5. The molecule has 1 aromatic rings. The molecule has 0 aliphatic carbocycles. The second-order valence-electron chi connectivity index (χ2n) is 6.30. The number of benzene rings is 1. The smallest absolute Gasteiger partial charge is 0.237 e. The predicted molar refractivity (Wildman–Crippen MR) is 97.8 cm³/mol. The van der Waals surface area contributed by atoms with Gasteiger partial charge in [-0.1, -0.05) is 37.6 Å². The van der Waals surface area contributed by atoms with Crippen LogP contribution in [0.25, 0.3) is 0 Å². The van der Waals surface area contributed by atoms with Crippen LogP contribution < -0.4 is 16.4 Å². The normalized spacial score (nSPS) is 13.4. The van der Waals surface area contributed by atoms with Crippen molar-refractivity contribution in [1.29, 1.82) is 0 Å². The summed E-state index contributed by atoms with van der Waals surface area (Å²) in [5, 5.41) is 6.37. The minimum absolute atomic E-state index is 0.0476. The van der Waals surface area contributed by atoms with Gasteiger partial charge in [-0.25, -0.2) is 0 Å². The molecule has 24 heavy (non-hydrogen) atoms. The molecule has 1 aromatic carbocycles. The fraction of sp³-hybridized carbons (Fsp3) is 0.556. The first-order valence-electron chi connectivity index (χ1n) is 8.40. The SMILES string of the molecule is CCNC(=O)C[C@H](CCc1ccc(Cl)cc1)NC(=O)[C@@H](N)C(C)C. The van der Waals surface area contributed by atoms with Gasteiger partial charge in [-0.15, -0.1) is 0 Å². The van der Waals surface area contributed by atoms with E-state index in [4.69, 9.17) is 17.3 Å². The van der Waals surface area contributed by atoms with Gasteiger partial charge in [-0.2, -0.15) is 0 Å². The lowest BCUT2D eigenvalue weighted by Crippen LogP contribution is -2.49. The van der Waals surface area contributed by atoms with Crippen molar-refractivity contribution in [2.45, 2.75) is 52.1 Å². The molecule has 0 aliphatic rings. The van der Waals surface area contributed by atoms with Gasteiger partial charge in [0.2, 0.25) is 11.8 Å². The molecule has 0 aromatic heterocycles. The van der Waals surface area contributed by atoms with Crippen molar-refractivity contribution in [3.05, 3.63) is 34.9 Å². The quantitative estimate of drug-likeness (QED) is 0.636. The number of nitrogens with one attached hydrogen (secondary N) is 2. The average molecular weight is 354 g/mol. The molecule has 0 fully saturated rings. The number of hydrogen-bond acceptors (Lipinski definition) is 3. The molecular weight excluding hydrogens is 326 g/mol. The van der Waals surface area contributed by atoms with Crippen molar-refractivity contribution < 1.29 is 9.59 Å². The summed E-state index contributed by atoms with van der Waals surface area (Å²) in [7, 11) is 0. The van der Waals surface area contributed by atoms with E-state index in [1.165, 1.54) is 0 Å². The lowest BCUT2D eigenvalue weighted by molar-refractivity contribution is -0.125. The molecule has 0 saturated carbocycles. The van der Waals surface area contributed by atoms with Crippen LogP contribution in [-0.4, -0.2) is 30.4 Å². The van der Waals surface area contributed by atoms with E-state index in [-0.39, 0.29) is 30.2 Å². The monoisotopic (exact) mass is 353 g/mol. The van der Waals surface area contributed by atoms with E-state index in [0.29, 0.717) is 18.0 Å². The number of hydrogen-bond donors (Lipinski definition) is 3. The van der Waals surface area contributed by atoms with E-state index < -0.39 is 6.04 Å². The van der Waals surface area contributed by atoms with Crippen LogP contribution in [0.3, 0.4) is 0 Å². The van der Waals surface area contributed by atoms with Gasteiger partial charge in [0.25, 0.3) is 0 Å². The maximum Gasteiger partial charge on any atom is 0.237 e. The Kier molecular flexibility index (Phi) is 8.79.